The van der Waals surface area contributed by atoms with Crippen molar-refractivity contribution in [2.75, 3.05) is 19.7 Å². The van der Waals surface area contributed by atoms with Crippen molar-refractivity contribution in [2.45, 2.75) is 32.2 Å². The number of ether oxygens (including phenoxy) is 1. The van der Waals surface area contributed by atoms with Crippen LogP contribution in [0, 0.1) is 0 Å². The molecule has 0 saturated carbocycles. The fraction of sp³-hybridized carbons (Fsp3) is 0.400. The van der Waals surface area contributed by atoms with E-state index in [2.05, 4.69) is 47.8 Å². The highest BCUT2D eigenvalue weighted by molar-refractivity contribution is 5.39. The highest BCUT2D eigenvalue weighted by Crippen LogP contribution is 2.25. The van der Waals surface area contributed by atoms with Crippen LogP contribution in [-0.2, 0) is 25.8 Å². The lowest BCUT2D eigenvalue weighted by atomic mass is 10.1. The maximum absolute atomic E-state index is 5.55. The van der Waals surface area contributed by atoms with E-state index < -0.39 is 0 Å². The van der Waals surface area contributed by atoms with Gasteiger partial charge in [0.05, 0.1) is 6.61 Å². The molecule has 0 unspecified atom stereocenters. The van der Waals surface area contributed by atoms with Crippen molar-refractivity contribution in [1.82, 2.24) is 5.32 Å². The van der Waals surface area contributed by atoms with Gasteiger partial charge in [0, 0.05) is 13.0 Å². The molecule has 1 aliphatic heterocycles. The van der Waals surface area contributed by atoms with Crippen LogP contribution in [-0.4, -0.2) is 19.7 Å². The van der Waals surface area contributed by atoms with Gasteiger partial charge in [0.15, 0.2) is 0 Å². The molecule has 3 N–H and O–H groups in total. The fourth-order valence-electron chi connectivity index (χ4n) is 2.99. The molecule has 0 spiro atoms. The van der Waals surface area contributed by atoms with Gasteiger partial charge in [0.1, 0.15) is 5.75 Å². The average Bonchev–Trinajstić information content (AvgIpc) is 3.05. The van der Waals surface area contributed by atoms with Crippen LogP contribution in [0.4, 0.5) is 0 Å². The fourth-order valence-corrected chi connectivity index (χ4v) is 2.99. The van der Waals surface area contributed by atoms with Crippen LogP contribution in [0.3, 0.4) is 0 Å². The van der Waals surface area contributed by atoms with E-state index in [1.54, 1.807) is 0 Å². The summed E-state index contributed by atoms with van der Waals surface area (Å²) >= 11 is 0. The molecule has 0 fully saturated rings. The van der Waals surface area contributed by atoms with Crippen LogP contribution in [0.1, 0.15) is 28.7 Å². The third-order valence-electron chi connectivity index (χ3n) is 4.37. The van der Waals surface area contributed by atoms with Crippen LogP contribution in [0.15, 0.2) is 42.5 Å². The zero-order valence-corrected chi connectivity index (χ0v) is 13.7. The molecule has 2 aromatic rings. The maximum atomic E-state index is 5.55. The van der Waals surface area contributed by atoms with E-state index in [9.17, 15) is 0 Å². The number of hydrogen-bond donors (Lipinski definition) is 2. The number of nitrogens with one attached hydrogen (secondary N) is 1. The number of benzene rings is 2. The molecule has 23 heavy (non-hydrogen) atoms. The zero-order chi connectivity index (χ0) is 15.9. The molecule has 0 aliphatic carbocycles. The summed E-state index contributed by atoms with van der Waals surface area (Å²) in [5, 5.41) is 3.53. The quantitative estimate of drug-likeness (QED) is 0.737. The number of rotatable bonds is 8. The third-order valence-corrected chi connectivity index (χ3v) is 4.37. The predicted molar refractivity (Wildman–Crippen MR) is 94.9 cm³/mol. The molecule has 2 aromatic carbocycles. The van der Waals surface area contributed by atoms with Gasteiger partial charge in [-0.15, -0.1) is 0 Å². The van der Waals surface area contributed by atoms with Crippen molar-refractivity contribution in [1.29, 1.82) is 0 Å². The highest BCUT2D eigenvalue weighted by Gasteiger charge is 2.11. The normalized spacial score (nSPS) is 12.9. The van der Waals surface area contributed by atoms with Crippen LogP contribution in [0.5, 0.6) is 5.75 Å². The molecular weight excluding hydrogens is 284 g/mol. The Labute approximate surface area is 138 Å². The minimum Gasteiger partial charge on any atom is -0.493 e. The smallest absolute Gasteiger partial charge is 0.122 e. The Morgan fingerprint density at radius 3 is 2.57 bits per heavy atom. The molecular formula is C20H26N2O. The molecule has 3 nitrogen and oxygen atoms in total. The lowest BCUT2D eigenvalue weighted by Crippen LogP contribution is -2.16. The number of nitrogens with two attached hydrogens (primary N) is 1. The lowest BCUT2D eigenvalue weighted by Gasteiger charge is -2.07. The lowest BCUT2D eigenvalue weighted by molar-refractivity contribution is 0.357. The van der Waals surface area contributed by atoms with Crippen molar-refractivity contribution in [3.05, 3.63) is 64.7 Å². The summed E-state index contributed by atoms with van der Waals surface area (Å²) < 4.78 is 5.55. The minimum absolute atomic E-state index is 0.762. The van der Waals surface area contributed by atoms with E-state index in [1.165, 1.54) is 22.3 Å². The highest BCUT2D eigenvalue weighted by atomic mass is 16.5. The second kappa shape index (κ2) is 8.14. The molecule has 3 heteroatoms. The monoisotopic (exact) mass is 310 g/mol. The van der Waals surface area contributed by atoms with E-state index in [0.717, 1.165) is 57.7 Å². The van der Waals surface area contributed by atoms with Gasteiger partial charge in [-0.25, -0.2) is 0 Å². The van der Waals surface area contributed by atoms with Gasteiger partial charge in [0.25, 0.3) is 0 Å². The summed E-state index contributed by atoms with van der Waals surface area (Å²) in [6, 6.07) is 15.4. The molecule has 0 amide bonds. The van der Waals surface area contributed by atoms with Crippen molar-refractivity contribution in [2.24, 2.45) is 5.73 Å². The molecule has 0 radical (unpaired) electrons. The van der Waals surface area contributed by atoms with Crippen molar-refractivity contribution in [3.8, 4) is 5.75 Å². The number of hydrogen-bond acceptors (Lipinski definition) is 3. The summed E-state index contributed by atoms with van der Waals surface area (Å²) in [6.07, 6.45) is 4.24. The van der Waals surface area contributed by atoms with Gasteiger partial charge in [-0.3, -0.25) is 0 Å². The Morgan fingerprint density at radius 2 is 1.74 bits per heavy atom. The van der Waals surface area contributed by atoms with Crippen LogP contribution < -0.4 is 15.8 Å². The first-order chi connectivity index (χ1) is 11.3. The minimum atomic E-state index is 0.762. The zero-order valence-electron chi connectivity index (χ0n) is 13.7. The first kappa shape index (κ1) is 16.0. The molecule has 0 aromatic heterocycles. The summed E-state index contributed by atoms with van der Waals surface area (Å²) in [4.78, 5) is 0. The summed E-state index contributed by atoms with van der Waals surface area (Å²) in [5.74, 6) is 1.07. The SMILES string of the molecule is NCCCc1ccc(CNCCc2ccc3c(c2)CCO3)cc1. The Bertz CT molecular complexity index is 622. The van der Waals surface area contributed by atoms with Gasteiger partial charge in [-0.2, -0.15) is 0 Å². The van der Waals surface area contributed by atoms with Gasteiger partial charge >= 0.3 is 0 Å². The molecule has 1 heterocycles. The Kier molecular flexibility index (Phi) is 5.67. The van der Waals surface area contributed by atoms with Crippen molar-refractivity contribution >= 4 is 0 Å². The molecule has 0 atom stereocenters. The molecule has 0 saturated heterocycles. The third kappa shape index (κ3) is 4.57. The summed E-state index contributed by atoms with van der Waals surface area (Å²) in [6.45, 7) is 3.51. The number of aryl methyl sites for hydroxylation is 1. The van der Waals surface area contributed by atoms with Gasteiger partial charge < -0.3 is 15.8 Å². The van der Waals surface area contributed by atoms with E-state index in [0.29, 0.717) is 0 Å². The molecule has 1 aliphatic rings. The van der Waals surface area contributed by atoms with Crippen molar-refractivity contribution in [3.63, 3.8) is 0 Å². The largest absolute Gasteiger partial charge is 0.493 e. The van der Waals surface area contributed by atoms with E-state index in [-0.39, 0.29) is 0 Å². The van der Waals surface area contributed by atoms with Crippen LogP contribution in [0.25, 0.3) is 0 Å². The van der Waals surface area contributed by atoms with E-state index in [4.69, 9.17) is 10.5 Å². The maximum Gasteiger partial charge on any atom is 0.122 e. The van der Waals surface area contributed by atoms with Crippen LogP contribution >= 0.6 is 0 Å². The first-order valence-corrected chi connectivity index (χ1v) is 8.58. The van der Waals surface area contributed by atoms with Gasteiger partial charge in [0.2, 0.25) is 0 Å². The van der Waals surface area contributed by atoms with Gasteiger partial charge in [-0.05, 0) is 60.7 Å². The molecule has 3 rings (SSSR count). The average molecular weight is 310 g/mol. The Morgan fingerprint density at radius 1 is 0.957 bits per heavy atom. The second-order valence-corrected chi connectivity index (χ2v) is 6.18. The topological polar surface area (TPSA) is 47.3 Å². The van der Waals surface area contributed by atoms with E-state index >= 15 is 0 Å². The predicted octanol–water partition coefficient (Wildman–Crippen LogP) is 2.85. The Balaban J connectivity index is 1.41. The van der Waals surface area contributed by atoms with Crippen LogP contribution in [0.2, 0.25) is 0 Å². The first-order valence-electron chi connectivity index (χ1n) is 8.58. The standard InChI is InChI=1S/C20H26N2O/c21-11-1-2-16-3-5-18(6-4-16)15-22-12-9-17-7-8-20-19(14-17)10-13-23-20/h3-8,14,22H,1-2,9-13,15,21H2. The van der Waals surface area contributed by atoms with Gasteiger partial charge in [-0.1, -0.05) is 36.4 Å². The summed E-state index contributed by atoms with van der Waals surface area (Å²) in [7, 11) is 0. The van der Waals surface area contributed by atoms with E-state index in [1.807, 2.05) is 0 Å². The Hall–Kier alpha value is -1.84. The molecule has 0 bridgehead atoms. The molecule has 122 valence electrons. The second-order valence-electron chi connectivity index (χ2n) is 6.18. The number of fused-ring (bicyclic) bond motifs is 1. The van der Waals surface area contributed by atoms with Crippen molar-refractivity contribution < 1.29 is 4.74 Å². The summed E-state index contributed by atoms with van der Waals surface area (Å²) in [5.41, 5.74) is 11.0.